The minimum Gasteiger partial charge on any atom is -0.339 e. The SMILES string of the molecule is O=C(C(c1ccccc1)c1ccccc1)N1CCN(C(c2ccccc2)c2ccc(Cl)cc2)CC1. The fraction of sp³-hybridized carbons (Fsp3) is 0.194. The summed E-state index contributed by atoms with van der Waals surface area (Å²) in [6.45, 7) is 3.02. The summed E-state index contributed by atoms with van der Waals surface area (Å²) in [5.74, 6) is -0.116. The van der Waals surface area contributed by atoms with Gasteiger partial charge in [0, 0.05) is 31.2 Å². The first-order chi connectivity index (χ1) is 17.2. The summed E-state index contributed by atoms with van der Waals surface area (Å²) in [6.07, 6.45) is 0. The number of benzene rings is 4. The first-order valence-corrected chi connectivity index (χ1v) is 12.5. The zero-order valence-corrected chi connectivity index (χ0v) is 20.4. The minimum atomic E-state index is -0.287. The number of hydrogen-bond donors (Lipinski definition) is 0. The highest BCUT2D eigenvalue weighted by atomic mass is 35.5. The van der Waals surface area contributed by atoms with Gasteiger partial charge in [-0.15, -0.1) is 0 Å². The molecule has 0 N–H and O–H groups in total. The molecule has 4 aromatic carbocycles. The van der Waals surface area contributed by atoms with Crippen molar-refractivity contribution in [3.05, 3.63) is 143 Å². The van der Waals surface area contributed by atoms with E-state index in [1.54, 1.807) is 0 Å². The predicted octanol–water partition coefficient (Wildman–Crippen LogP) is 6.41. The van der Waals surface area contributed by atoms with Crippen molar-refractivity contribution in [3.63, 3.8) is 0 Å². The Kier molecular flexibility index (Phi) is 7.27. The lowest BCUT2D eigenvalue weighted by Gasteiger charge is -2.41. The highest BCUT2D eigenvalue weighted by Gasteiger charge is 2.32. The molecule has 3 nitrogen and oxygen atoms in total. The van der Waals surface area contributed by atoms with Crippen LogP contribution >= 0.6 is 11.6 Å². The van der Waals surface area contributed by atoms with Gasteiger partial charge in [-0.25, -0.2) is 0 Å². The molecule has 4 heteroatoms. The van der Waals surface area contributed by atoms with Gasteiger partial charge in [-0.05, 0) is 34.4 Å². The van der Waals surface area contributed by atoms with Crippen LogP contribution in [0, 0.1) is 0 Å². The van der Waals surface area contributed by atoms with E-state index in [-0.39, 0.29) is 17.9 Å². The molecule has 1 amide bonds. The Hall–Kier alpha value is -3.40. The Morgan fingerprint density at radius 3 is 1.49 bits per heavy atom. The molecule has 0 bridgehead atoms. The van der Waals surface area contributed by atoms with E-state index in [0.29, 0.717) is 13.1 Å². The Labute approximate surface area is 212 Å². The average Bonchev–Trinajstić information content (AvgIpc) is 2.92. The molecule has 1 saturated heterocycles. The molecule has 0 saturated carbocycles. The van der Waals surface area contributed by atoms with E-state index in [1.165, 1.54) is 11.1 Å². The van der Waals surface area contributed by atoms with Crippen molar-refractivity contribution in [1.29, 1.82) is 0 Å². The van der Waals surface area contributed by atoms with Crippen molar-refractivity contribution in [2.75, 3.05) is 26.2 Å². The molecule has 1 aliphatic heterocycles. The maximum atomic E-state index is 13.8. The van der Waals surface area contributed by atoms with Crippen molar-refractivity contribution >= 4 is 17.5 Å². The van der Waals surface area contributed by atoms with Crippen LogP contribution in [0.15, 0.2) is 115 Å². The molecule has 176 valence electrons. The monoisotopic (exact) mass is 480 g/mol. The van der Waals surface area contributed by atoms with Gasteiger partial charge in [-0.2, -0.15) is 0 Å². The van der Waals surface area contributed by atoms with Crippen LogP contribution in [0.25, 0.3) is 0 Å². The summed E-state index contributed by atoms with van der Waals surface area (Å²) >= 11 is 6.18. The second kappa shape index (κ2) is 10.9. The summed E-state index contributed by atoms with van der Waals surface area (Å²) in [7, 11) is 0. The molecule has 4 aromatic rings. The molecule has 0 spiro atoms. The summed E-state index contributed by atoms with van der Waals surface area (Å²) in [5.41, 5.74) is 4.54. The van der Waals surface area contributed by atoms with E-state index < -0.39 is 0 Å². The number of halogens is 1. The van der Waals surface area contributed by atoms with Gasteiger partial charge in [0.1, 0.15) is 0 Å². The molecule has 0 aromatic heterocycles. The maximum absolute atomic E-state index is 13.8. The van der Waals surface area contributed by atoms with E-state index in [0.717, 1.165) is 29.2 Å². The fourth-order valence-electron chi connectivity index (χ4n) is 5.05. The number of rotatable bonds is 6. The molecule has 1 aliphatic rings. The van der Waals surface area contributed by atoms with Crippen LogP contribution in [0.3, 0.4) is 0 Å². The second-order valence-corrected chi connectivity index (χ2v) is 9.42. The molecule has 1 unspecified atom stereocenters. The van der Waals surface area contributed by atoms with Crippen LogP contribution in [-0.2, 0) is 4.79 Å². The van der Waals surface area contributed by atoms with Gasteiger partial charge in [0.2, 0.25) is 5.91 Å². The highest BCUT2D eigenvalue weighted by molar-refractivity contribution is 6.30. The number of carbonyl (C=O) groups is 1. The molecule has 1 atom stereocenters. The Morgan fingerprint density at radius 2 is 1.00 bits per heavy atom. The number of carbonyl (C=O) groups excluding carboxylic acids is 1. The quantitative estimate of drug-likeness (QED) is 0.318. The van der Waals surface area contributed by atoms with Crippen LogP contribution in [0.4, 0.5) is 0 Å². The molecule has 35 heavy (non-hydrogen) atoms. The number of hydrogen-bond acceptors (Lipinski definition) is 2. The standard InChI is InChI=1S/C31H29ClN2O/c32-28-18-16-27(17-19-28)30(26-14-8-3-9-15-26)33-20-22-34(23-21-33)31(35)29(24-10-4-1-5-11-24)25-12-6-2-7-13-25/h1-19,29-30H,20-23H2. The topological polar surface area (TPSA) is 23.6 Å². The third-order valence-electron chi connectivity index (χ3n) is 6.80. The van der Waals surface area contributed by atoms with Gasteiger partial charge >= 0.3 is 0 Å². The van der Waals surface area contributed by atoms with Crippen molar-refractivity contribution in [1.82, 2.24) is 9.80 Å². The molecule has 5 rings (SSSR count). The van der Waals surface area contributed by atoms with Crippen molar-refractivity contribution < 1.29 is 4.79 Å². The average molecular weight is 481 g/mol. The van der Waals surface area contributed by atoms with Crippen LogP contribution in [0.1, 0.15) is 34.2 Å². The summed E-state index contributed by atoms with van der Waals surface area (Å²) in [4.78, 5) is 18.4. The van der Waals surface area contributed by atoms with Crippen LogP contribution in [0.2, 0.25) is 5.02 Å². The maximum Gasteiger partial charge on any atom is 0.234 e. The van der Waals surface area contributed by atoms with Crippen molar-refractivity contribution in [2.45, 2.75) is 12.0 Å². The first-order valence-electron chi connectivity index (χ1n) is 12.1. The van der Waals surface area contributed by atoms with Gasteiger partial charge in [0.05, 0.1) is 12.0 Å². The first kappa shape index (κ1) is 23.3. The lowest BCUT2D eigenvalue weighted by Crippen LogP contribution is -2.51. The Bertz CT molecular complexity index is 1180. The molecular formula is C31H29ClN2O. The summed E-state index contributed by atoms with van der Waals surface area (Å²) in [6, 6.07) is 39.1. The van der Waals surface area contributed by atoms with Crippen molar-refractivity contribution in [2.24, 2.45) is 0 Å². The van der Waals surface area contributed by atoms with E-state index in [9.17, 15) is 4.79 Å². The largest absolute Gasteiger partial charge is 0.339 e. The van der Waals surface area contributed by atoms with Gasteiger partial charge in [-0.1, -0.05) is 115 Å². The molecule has 1 heterocycles. The number of amides is 1. The van der Waals surface area contributed by atoms with E-state index in [1.807, 2.05) is 59.5 Å². The van der Waals surface area contributed by atoms with E-state index in [4.69, 9.17) is 11.6 Å². The second-order valence-electron chi connectivity index (χ2n) is 8.98. The lowest BCUT2D eigenvalue weighted by molar-refractivity contribution is -0.133. The molecule has 0 aliphatic carbocycles. The molecular weight excluding hydrogens is 452 g/mol. The zero-order valence-electron chi connectivity index (χ0n) is 19.6. The Balaban J connectivity index is 1.37. The van der Waals surface area contributed by atoms with E-state index in [2.05, 4.69) is 65.6 Å². The smallest absolute Gasteiger partial charge is 0.234 e. The van der Waals surface area contributed by atoms with Crippen molar-refractivity contribution in [3.8, 4) is 0 Å². The van der Waals surface area contributed by atoms with E-state index >= 15 is 0 Å². The number of piperazine rings is 1. The van der Waals surface area contributed by atoms with Gasteiger partial charge < -0.3 is 4.90 Å². The highest BCUT2D eigenvalue weighted by Crippen LogP contribution is 2.32. The summed E-state index contributed by atoms with van der Waals surface area (Å²) < 4.78 is 0. The number of nitrogens with zero attached hydrogens (tertiary/aromatic N) is 2. The molecule has 1 fully saturated rings. The van der Waals surface area contributed by atoms with Crippen LogP contribution in [0.5, 0.6) is 0 Å². The van der Waals surface area contributed by atoms with Crippen LogP contribution in [-0.4, -0.2) is 41.9 Å². The minimum absolute atomic E-state index is 0.129. The lowest BCUT2D eigenvalue weighted by atomic mass is 9.89. The van der Waals surface area contributed by atoms with Crippen LogP contribution < -0.4 is 0 Å². The third kappa shape index (κ3) is 5.32. The van der Waals surface area contributed by atoms with Gasteiger partial charge in [0.25, 0.3) is 0 Å². The third-order valence-corrected chi connectivity index (χ3v) is 7.06. The normalized spacial score (nSPS) is 15.2. The van der Waals surface area contributed by atoms with Gasteiger partial charge in [-0.3, -0.25) is 9.69 Å². The zero-order chi connectivity index (χ0) is 24.0. The van der Waals surface area contributed by atoms with Gasteiger partial charge in [0.15, 0.2) is 0 Å². The Morgan fingerprint density at radius 1 is 0.571 bits per heavy atom. The summed E-state index contributed by atoms with van der Waals surface area (Å²) in [5, 5.41) is 0.740. The fourth-order valence-corrected chi connectivity index (χ4v) is 5.17. The molecule has 0 radical (unpaired) electrons. The predicted molar refractivity (Wildman–Crippen MR) is 143 cm³/mol.